The Kier molecular flexibility index (Phi) is 6.87. The van der Waals surface area contributed by atoms with Crippen LogP contribution in [-0.4, -0.2) is 17.3 Å². The Morgan fingerprint density at radius 1 is 0.636 bits per heavy atom. The van der Waals surface area contributed by atoms with Crippen molar-refractivity contribution in [2.75, 3.05) is 12.4 Å². The molecule has 2 nitrogen and oxygen atoms in total. The maximum atomic E-state index is 6.32. The van der Waals surface area contributed by atoms with E-state index in [1.165, 1.54) is 70.2 Å². The van der Waals surface area contributed by atoms with Crippen molar-refractivity contribution < 1.29 is 4.74 Å². The molecule has 3 heteroatoms. The van der Waals surface area contributed by atoms with Gasteiger partial charge in [-0.05, 0) is 41.7 Å². The second kappa shape index (κ2) is 10.4. The smallest absolute Gasteiger partial charge is 0.127 e. The second-order valence-corrected chi connectivity index (χ2v) is 9.20. The first-order valence-electron chi connectivity index (χ1n) is 12.1. The molecule has 0 amide bonds. The molecule has 0 saturated heterocycles. The van der Waals surface area contributed by atoms with Gasteiger partial charge in [0.2, 0.25) is 0 Å². The van der Waals surface area contributed by atoms with Gasteiger partial charge in [0.1, 0.15) is 5.75 Å². The molecule has 0 spiro atoms. The first kappa shape index (κ1) is 21.9. The maximum Gasteiger partial charge on any atom is 0.127 e. The van der Waals surface area contributed by atoms with Crippen LogP contribution in [0.1, 0.15) is 38.5 Å². The number of unbranched alkanes of at least 4 members (excludes halogenated alkanes) is 5. The summed E-state index contributed by atoms with van der Waals surface area (Å²) in [6.07, 6.45) is 7.40. The summed E-state index contributed by atoms with van der Waals surface area (Å²) in [5.41, 5.74) is 4.74. The van der Waals surface area contributed by atoms with E-state index < -0.39 is 0 Å². The van der Waals surface area contributed by atoms with E-state index in [1.54, 1.807) is 0 Å². The molecule has 5 aromatic rings. The fourth-order valence-electron chi connectivity index (χ4n) is 4.84. The van der Waals surface area contributed by atoms with Crippen molar-refractivity contribution >= 4 is 45.2 Å². The van der Waals surface area contributed by atoms with Gasteiger partial charge >= 0.3 is 0 Å². The van der Waals surface area contributed by atoms with E-state index in [2.05, 4.69) is 96.5 Å². The highest BCUT2D eigenvalue weighted by atomic mass is 32.1. The summed E-state index contributed by atoms with van der Waals surface area (Å²) in [6.45, 7) is 0.760. The standard InChI is InChI=1S/C30H31NOS/c33-21-10-4-2-1-3-9-20-32-28-17-8-6-14-24(28)25-15-11-12-22-18-19-26-23-13-5-7-16-27(23)31-30(26)29(22)25/h5-8,11-19,31,33H,1-4,9-10,20-21H2. The minimum atomic E-state index is 0.760. The van der Waals surface area contributed by atoms with Crippen molar-refractivity contribution in [3.63, 3.8) is 0 Å². The van der Waals surface area contributed by atoms with Crippen molar-refractivity contribution in [2.45, 2.75) is 38.5 Å². The highest BCUT2D eigenvalue weighted by Crippen LogP contribution is 2.40. The van der Waals surface area contributed by atoms with Gasteiger partial charge in [0.05, 0.1) is 12.1 Å². The molecule has 33 heavy (non-hydrogen) atoms. The molecule has 0 aliphatic heterocycles. The van der Waals surface area contributed by atoms with Crippen molar-refractivity contribution in [1.82, 2.24) is 4.98 Å². The number of rotatable bonds is 10. The largest absolute Gasteiger partial charge is 0.493 e. The first-order valence-corrected chi connectivity index (χ1v) is 12.8. The lowest BCUT2D eigenvalue weighted by atomic mass is 9.95. The average Bonchev–Trinajstić information content (AvgIpc) is 3.24. The van der Waals surface area contributed by atoms with Gasteiger partial charge in [0.15, 0.2) is 0 Å². The van der Waals surface area contributed by atoms with Crippen LogP contribution < -0.4 is 4.74 Å². The van der Waals surface area contributed by atoms with Crippen molar-refractivity contribution in [3.8, 4) is 16.9 Å². The van der Waals surface area contributed by atoms with Crippen molar-refractivity contribution in [3.05, 3.63) is 78.9 Å². The minimum absolute atomic E-state index is 0.760. The van der Waals surface area contributed by atoms with E-state index in [1.807, 2.05) is 0 Å². The fourth-order valence-corrected chi connectivity index (χ4v) is 5.06. The lowest BCUT2D eigenvalue weighted by Crippen LogP contribution is -1.99. The molecule has 0 bridgehead atoms. The lowest BCUT2D eigenvalue weighted by Gasteiger charge is -2.14. The lowest BCUT2D eigenvalue weighted by molar-refractivity contribution is 0.305. The van der Waals surface area contributed by atoms with E-state index in [0.29, 0.717) is 0 Å². The van der Waals surface area contributed by atoms with Crippen LogP contribution in [0.4, 0.5) is 0 Å². The van der Waals surface area contributed by atoms with Crippen LogP contribution in [0.5, 0.6) is 5.75 Å². The summed E-state index contributed by atoms with van der Waals surface area (Å²) in [5.74, 6) is 1.96. The molecule has 1 aromatic heterocycles. The van der Waals surface area contributed by atoms with Gasteiger partial charge in [-0.15, -0.1) is 0 Å². The first-order chi connectivity index (χ1) is 16.4. The SMILES string of the molecule is SCCCCCCCCOc1ccccc1-c1cccc2ccc3c4ccccc4[nH]c3c12. The summed E-state index contributed by atoms with van der Waals surface area (Å²) in [6, 6.07) is 28.0. The summed E-state index contributed by atoms with van der Waals surface area (Å²) in [5, 5.41) is 5.03. The van der Waals surface area contributed by atoms with Crippen LogP contribution in [0.15, 0.2) is 78.9 Å². The molecule has 0 radical (unpaired) electrons. The zero-order valence-corrected chi connectivity index (χ0v) is 19.9. The number of nitrogens with one attached hydrogen (secondary N) is 1. The molecule has 0 saturated carbocycles. The van der Waals surface area contributed by atoms with Gasteiger partial charge in [-0.3, -0.25) is 0 Å². The van der Waals surface area contributed by atoms with Crippen LogP contribution in [0, 0.1) is 0 Å². The molecule has 0 atom stereocenters. The molecule has 0 fully saturated rings. The van der Waals surface area contributed by atoms with E-state index in [-0.39, 0.29) is 0 Å². The van der Waals surface area contributed by atoms with Crippen LogP contribution >= 0.6 is 12.6 Å². The second-order valence-electron chi connectivity index (χ2n) is 8.75. The third-order valence-electron chi connectivity index (χ3n) is 6.51. The molecule has 168 valence electrons. The molecule has 4 aromatic carbocycles. The monoisotopic (exact) mass is 453 g/mol. The number of benzene rings is 4. The molecule has 1 N–H and O–H groups in total. The van der Waals surface area contributed by atoms with Crippen LogP contribution in [0.3, 0.4) is 0 Å². The normalized spacial score (nSPS) is 11.5. The van der Waals surface area contributed by atoms with E-state index in [4.69, 9.17) is 4.74 Å². The Labute approximate surface area is 201 Å². The van der Waals surface area contributed by atoms with Crippen LogP contribution in [0.25, 0.3) is 43.7 Å². The van der Waals surface area contributed by atoms with Crippen LogP contribution in [0.2, 0.25) is 0 Å². The summed E-state index contributed by atoms with van der Waals surface area (Å²) in [4.78, 5) is 3.69. The number of hydrogen-bond acceptors (Lipinski definition) is 2. The molecule has 0 unspecified atom stereocenters. The number of thiol groups is 1. The zero-order chi connectivity index (χ0) is 22.5. The Morgan fingerprint density at radius 3 is 2.30 bits per heavy atom. The fraction of sp³-hybridized carbons (Fsp3) is 0.267. The number of aromatic nitrogens is 1. The third kappa shape index (κ3) is 4.60. The predicted octanol–water partition coefficient (Wildman–Crippen LogP) is 8.79. The number of ether oxygens (including phenoxy) is 1. The molecule has 0 aliphatic rings. The van der Waals surface area contributed by atoms with Crippen LogP contribution in [-0.2, 0) is 0 Å². The van der Waals surface area contributed by atoms with Crippen molar-refractivity contribution in [1.29, 1.82) is 0 Å². The number of para-hydroxylation sites is 2. The summed E-state index contributed by atoms with van der Waals surface area (Å²) < 4.78 is 6.32. The highest BCUT2D eigenvalue weighted by molar-refractivity contribution is 7.80. The Hall–Kier alpha value is -2.91. The Morgan fingerprint density at radius 2 is 1.39 bits per heavy atom. The maximum absolute atomic E-state index is 6.32. The predicted molar refractivity (Wildman–Crippen MR) is 146 cm³/mol. The van der Waals surface area contributed by atoms with Gasteiger partial charge in [0, 0.05) is 27.2 Å². The summed E-state index contributed by atoms with van der Waals surface area (Å²) in [7, 11) is 0. The zero-order valence-electron chi connectivity index (χ0n) is 19.0. The summed E-state index contributed by atoms with van der Waals surface area (Å²) >= 11 is 4.29. The topological polar surface area (TPSA) is 25.0 Å². The van der Waals surface area contributed by atoms with Gasteiger partial charge in [-0.1, -0.05) is 92.4 Å². The highest BCUT2D eigenvalue weighted by Gasteiger charge is 2.14. The van der Waals surface area contributed by atoms with Crippen molar-refractivity contribution in [2.24, 2.45) is 0 Å². The molecular formula is C30H31NOS. The number of hydrogen-bond donors (Lipinski definition) is 2. The minimum Gasteiger partial charge on any atom is -0.493 e. The molecule has 5 rings (SSSR count). The Balaban J connectivity index is 1.45. The number of aromatic amines is 1. The quantitative estimate of drug-likeness (QED) is 0.160. The van der Waals surface area contributed by atoms with E-state index in [9.17, 15) is 0 Å². The third-order valence-corrected chi connectivity index (χ3v) is 6.83. The number of H-pyrrole nitrogens is 1. The van der Waals surface area contributed by atoms with E-state index >= 15 is 0 Å². The van der Waals surface area contributed by atoms with Gasteiger partial charge < -0.3 is 9.72 Å². The van der Waals surface area contributed by atoms with Gasteiger partial charge in [-0.25, -0.2) is 0 Å². The van der Waals surface area contributed by atoms with E-state index in [0.717, 1.165) is 30.1 Å². The Bertz CT molecular complexity index is 1370. The molecule has 1 heterocycles. The number of fused-ring (bicyclic) bond motifs is 5. The van der Waals surface area contributed by atoms with Gasteiger partial charge in [0.25, 0.3) is 0 Å². The van der Waals surface area contributed by atoms with Gasteiger partial charge in [-0.2, -0.15) is 12.6 Å². The average molecular weight is 454 g/mol. The molecule has 0 aliphatic carbocycles. The molecular weight excluding hydrogens is 422 g/mol.